The van der Waals surface area contributed by atoms with Crippen LogP contribution in [0.4, 0.5) is 5.95 Å². The molecule has 0 unspecified atom stereocenters. The molecule has 7 heteroatoms. The summed E-state index contributed by atoms with van der Waals surface area (Å²) in [5.41, 5.74) is 0.924. The fourth-order valence-electron chi connectivity index (χ4n) is 2.60. The second-order valence-electron chi connectivity index (χ2n) is 5.91. The molecule has 1 aliphatic rings. The van der Waals surface area contributed by atoms with Crippen LogP contribution >= 0.6 is 0 Å². The number of pyridine rings is 1. The molecule has 0 spiro atoms. The van der Waals surface area contributed by atoms with Gasteiger partial charge in [-0.05, 0) is 39.3 Å². The third kappa shape index (κ3) is 3.66. The van der Waals surface area contributed by atoms with Crippen molar-refractivity contribution in [3.63, 3.8) is 0 Å². The lowest BCUT2D eigenvalue weighted by Gasteiger charge is -2.23. The maximum Gasteiger partial charge on any atom is 0.242 e. The van der Waals surface area contributed by atoms with Crippen LogP contribution in [-0.4, -0.2) is 40.2 Å². The Balaban J connectivity index is 1.94. The summed E-state index contributed by atoms with van der Waals surface area (Å²) in [6, 6.07) is 4.04. The van der Waals surface area contributed by atoms with E-state index in [9.17, 15) is 0 Å². The predicted molar refractivity (Wildman–Crippen MR) is 87.3 cm³/mol. The predicted octanol–water partition coefficient (Wildman–Crippen LogP) is 1.85. The molecule has 0 radical (unpaired) electrons. The number of fused-ring (bicyclic) bond motifs is 1. The smallest absolute Gasteiger partial charge is 0.242 e. The van der Waals surface area contributed by atoms with Gasteiger partial charge in [0.15, 0.2) is 0 Å². The van der Waals surface area contributed by atoms with Crippen molar-refractivity contribution in [1.82, 2.24) is 20.3 Å². The zero-order valence-electron chi connectivity index (χ0n) is 13.3. The molecule has 23 heavy (non-hydrogen) atoms. The average molecular weight is 312 g/mol. The Morgan fingerprint density at radius 2 is 2.30 bits per heavy atom. The summed E-state index contributed by atoms with van der Waals surface area (Å²) in [4.78, 5) is 13.1. The van der Waals surface area contributed by atoms with Gasteiger partial charge in [-0.2, -0.15) is 5.26 Å². The first kappa shape index (κ1) is 15.4. The van der Waals surface area contributed by atoms with Crippen LogP contribution < -0.4 is 15.4 Å². The van der Waals surface area contributed by atoms with Gasteiger partial charge in [-0.25, -0.2) is 15.0 Å². The van der Waals surface area contributed by atoms with Crippen LogP contribution in [0.2, 0.25) is 0 Å². The lowest BCUT2D eigenvalue weighted by Crippen LogP contribution is -2.38. The normalized spacial score (nSPS) is 17.9. The molecule has 3 heterocycles. The molecule has 1 aliphatic heterocycles. The van der Waals surface area contributed by atoms with Crippen molar-refractivity contribution in [3.05, 3.63) is 18.0 Å². The Morgan fingerprint density at radius 1 is 1.43 bits per heavy atom. The average Bonchev–Trinajstić information content (AvgIpc) is 2.55. The van der Waals surface area contributed by atoms with E-state index in [0.717, 1.165) is 31.3 Å². The van der Waals surface area contributed by atoms with E-state index in [0.29, 0.717) is 29.1 Å². The molecule has 1 atom stereocenters. The SMILES string of the molecule is CC(C)Oc1nc(C#N)cc2cnc(N[C@H]3CCCNC3)nc12. The summed E-state index contributed by atoms with van der Waals surface area (Å²) >= 11 is 0. The second kappa shape index (κ2) is 6.75. The Hall–Kier alpha value is -2.46. The minimum absolute atomic E-state index is 0.0476. The van der Waals surface area contributed by atoms with Gasteiger partial charge in [0.2, 0.25) is 11.8 Å². The molecule has 3 rings (SSSR count). The molecular formula is C16H20N6O. The molecule has 120 valence electrons. The fourth-order valence-corrected chi connectivity index (χ4v) is 2.60. The Morgan fingerprint density at radius 3 is 3.00 bits per heavy atom. The Labute approximate surface area is 135 Å². The molecule has 2 N–H and O–H groups in total. The van der Waals surface area contributed by atoms with Gasteiger partial charge < -0.3 is 15.4 Å². The number of hydrogen-bond donors (Lipinski definition) is 2. The Kier molecular flexibility index (Phi) is 4.53. The first-order valence-corrected chi connectivity index (χ1v) is 7.87. The van der Waals surface area contributed by atoms with E-state index in [1.54, 1.807) is 12.3 Å². The highest BCUT2D eigenvalue weighted by atomic mass is 16.5. The van der Waals surface area contributed by atoms with Crippen LogP contribution in [0.25, 0.3) is 10.9 Å². The third-order valence-corrected chi connectivity index (χ3v) is 3.63. The molecule has 0 aliphatic carbocycles. The fraction of sp³-hybridized carbons (Fsp3) is 0.500. The largest absolute Gasteiger partial charge is 0.473 e. The van der Waals surface area contributed by atoms with Crippen LogP contribution in [0.1, 0.15) is 32.4 Å². The number of anilines is 1. The topological polar surface area (TPSA) is 95.8 Å². The lowest BCUT2D eigenvalue weighted by atomic mass is 10.1. The number of nitriles is 1. The summed E-state index contributed by atoms with van der Waals surface area (Å²) in [5.74, 6) is 0.938. The standard InChI is InChI=1S/C16H20N6O/c1-10(2)23-15-14-11(6-13(7-17)20-15)8-19-16(22-14)21-12-4-3-5-18-9-12/h6,8,10,12,18H,3-5,9H2,1-2H3,(H,19,21,22)/t12-/m0/s1. The molecule has 0 bridgehead atoms. The summed E-state index contributed by atoms with van der Waals surface area (Å²) in [6.07, 6.45) is 3.89. The van der Waals surface area contributed by atoms with Gasteiger partial charge in [-0.1, -0.05) is 0 Å². The van der Waals surface area contributed by atoms with E-state index < -0.39 is 0 Å². The molecule has 0 aromatic carbocycles. The zero-order valence-corrected chi connectivity index (χ0v) is 13.3. The lowest BCUT2D eigenvalue weighted by molar-refractivity contribution is 0.235. The van der Waals surface area contributed by atoms with E-state index in [-0.39, 0.29) is 6.10 Å². The molecule has 0 saturated carbocycles. The summed E-state index contributed by atoms with van der Waals surface area (Å²) in [6.45, 7) is 5.80. The molecule has 1 saturated heterocycles. The maximum atomic E-state index is 9.10. The Bertz CT molecular complexity index is 733. The van der Waals surface area contributed by atoms with Crippen molar-refractivity contribution in [2.45, 2.75) is 38.8 Å². The van der Waals surface area contributed by atoms with Gasteiger partial charge in [0.05, 0.1) is 6.10 Å². The zero-order chi connectivity index (χ0) is 16.2. The highest BCUT2D eigenvalue weighted by Gasteiger charge is 2.16. The minimum atomic E-state index is -0.0476. The van der Waals surface area contributed by atoms with Gasteiger partial charge in [-0.15, -0.1) is 0 Å². The van der Waals surface area contributed by atoms with Gasteiger partial charge in [0.25, 0.3) is 0 Å². The number of nitrogens with one attached hydrogen (secondary N) is 2. The van der Waals surface area contributed by atoms with Crippen LogP contribution in [0.15, 0.2) is 12.3 Å². The molecule has 2 aromatic heterocycles. The second-order valence-corrected chi connectivity index (χ2v) is 5.91. The van der Waals surface area contributed by atoms with E-state index >= 15 is 0 Å². The van der Waals surface area contributed by atoms with Crippen molar-refractivity contribution in [2.75, 3.05) is 18.4 Å². The molecule has 7 nitrogen and oxygen atoms in total. The van der Waals surface area contributed by atoms with E-state index in [4.69, 9.17) is 10.00 Å². The first-order valence-electron chi connectivity index (χ1n) is 7.87. The van der Waals surface area contributed by atoms with Crippen molar-refractivity contribution < 1.29 is 4.74 Å². The number of nitrogens with zero attached hydrogens (tertiary/aromatic N) is 4. The van der Waals surface area contributed by atoms with E-state index in [1.165, 1.54) is 0 Å². The van der Waals surface area contributed by atoms with E-state index in [1.807, 2.05) is 19.9 Å². The third-order valence-electron chi connectivity index (χ3n) is 3.63. The highest BCUT2D eigenvalue weighted by molar-refractivity contribution is 5.84. The first-order chi connectivity index (χ1) is 11.2. The monoisotopic (exact) mass is 312 g/mol. The summed E-state index contributed by atoms with van der Waals surface area (Å²) in [5, 5.41) is 16.6. The van der Waals surface area contributed by atoms with Crippen molar-refractivity contribution in [3.8, 4) is 11.9 Å². The van der Waals surface area contributed by atoms with Gasteiger partial charge in [-0.3, -0.25) is 0 Å². The van der Waals surface area contributed by atoms with Crippen LogP contribution in [0.5, 0.6) is 5.88 Å². The molecule has 1 fully saturated rings. The van der Waals surface area contributed by atoms with Gasteiger partial charge in [0, 0.05) is 24.2 Å². The van der Waals surface area contributed by atoms with Crippen molar-refractivity contribution in [1.29, 1.82) is 5.26 Å². The molecular weight excluding hydrogens is 292 g/mol. The van der Waals surface area contributed by atoms with Crippen LogP contribution in [-0.2, 0) is 0 Å². The number of aromatic nitrogens is 3. The van der Waals surface area contributed by atoms with Crippen LogP contribution in [0.3, 0.4) is 0 Å². The number of rotatable bonds is 4. The molecule has 0 amide bonds. The molecule has 2 aromatic rings. The van der Waals surface area contributed by atoms with E-state index in [2.05, 4.69) is 25.6 Å². The number of ether oxygens (including phenoxy) is 1. The van der Waals surface area contributed by atoms with Gasteiger partial charge in [0.1, 0.15) is 17.3 Å². The van der Waals surface area contributed by atoms with Gasteiger partial charge >= 0.3 is 0 Å². The minimum Gasteiger partial charge on any atom is -0.473 e. The maximum absolute atomic E-state index is 9.10. The summed E-state index contributed by atoms with van der Waals surface area (Å²) in [7, 11) is 0. The van der Waals surface area contributed by atoms with Crippen molar-refractivity contribution >= 4 is 16.9 Å². The van der Waals surface area contributed by atoms with Crippen LogP contribution in [0, 0.1) is 11.3 Å². The summed E-state index contributed by atoms with van der Waals surface area (Å²) < 4.78 is 5.72. The quantitative estimate of drug-likeness (QED) is 0.889. The number of hydrogen-bond acceptors (Lipinski definition) is 7. The number of piperidine rings is 1. The highest BCUT2D eigenvalue weighted by Crippen LogP contribution is 2.24. The van der Waals surface area contributed by atoms with Crippen molar-refractivity contribution in [2.24, 2.45) is 0 Å².